The Morgan fingerprint density at radius 2 is 1.78 bits per heavy atom. The molecule has 0 saturated heterocycles. The van der Waals surface area contributed by atoms with Crippen molar-refractivity contribution in [2.24, 2.45) is 4.99 Å². The molecule has 0 aromatic heterocycles. The number of carbonyl (C=O) groups excluding carboxylic acids is 1. The molecule has 0 aliphatic rings. The third-order valence-corrected chi connectivity index (χ3v) is 4.02. The van der Waals surface area contributed by atoms with Crippen molar-refractivity contribution in [1.29, 1.82) is 0 Å². The minimum absolute atomic E-state index is 0.0566. The number of aryl methyl sites for hydroxylation is 1. The summed E-state index contributed by atoms with van der Waals surface area (Å²) in [6, 6.07) is 16.3. The molecule has 5 heteroatoms. The maximum atomic E-state index is 11.6. The van der Waals surface area contributed by atoms with E-state index >= 15 is 0 Å². The number of hydrogen-bond donors (Lipinski definition) is 3. The number of amides is 1. The SMILES string of the molecule is CCCC(=O)Nc1ccc(CNC(=NCc2cccc(C)c2)NCC)cc1. The number of hydrogen-bond acceptors (Lipinski definition) is 2. The van der Waals surface area contributed by atoms with Crippen molar-refractivity contribution in [1.82, 2.24) is 10.6 Å². The molecule has 2 aromatic rings. The monoisotopic (exact) mass is 366 g/mol. The summed E-state index contributed by atoms with van der Waals surface area (Å²) >= 11 is 0. The Morgan fingerprint density at radius 3 is 2.44 bits per heavy atom. The molecule has 0 radical (unpaired) electrons. The van der Waals surface area contributed by atoms with Crippen LogP contribution in [0.5, 0.6) is 0 Å². The van der Waals surface area contributed by atoms with Crippen LogP contribution in [0.1, 0.15) is 43.4 Å². The highest BCUT2D eigenvalue weighted by atomic mass is 16.1. The lowest BCUT2D eigenvalue weighted by atomic mass is 10.1. The highest BCUT2D eigenvalue weighted by Crippen LogP contribution is 2.10. The molecule has 0 saturated carbocycles. The molecule has 2 rings (SSSR count). The van der Waals surface area contributed by atoms with Crippen LogP contribution in [0.3, 0.4) is 0 Å². The number of guanidine groups is 1. The fourth-order valence-corrected chi connectivity index (χ4v) is 2.66. The Bertz CT molecular complexity index is 753. The highest BCUT2D eigenvalue weighted by Gasteiger charge is 2.02. The first-order valence-electron chi connectivity index (χ1n) is 9.57. The number of carbonyl (C=O) groups is 1. The summed E-state index contributed by atoms with van der Waals surface area (Å²) in [7, 11) is 0. The van der Waals surface area contributed by atoms with Crippen molar-refractivity contribution in [3.05, 3.63) is 65.2 Å². The lowest BCUT2D eigenvalue weighted by molar-refractivity contribution is -0.116. The zero-order valence-corrected chi connectivity index (χ0v) is 16.5. The van der Waals surface area contributed by atoms with Crippen molar-refractivity contribution in [3.8, 4) is 0 Å². The van der Waals surface area contributed by atoms with E-state index in [2.05, 4.69) is 59.1 Å². The minimum Gasteiger partial charge on any atom is -0.357 e. The predicted molar refractivity (Wildman–Crippen MR) is 113 cm³/mol. The van der Waals surface area contributed by atoms with Gasteiger partial charge in [0.05, 0.1) is 6.54 Å². The summed E-state index contributed by atoms with van der Waals surface area (Å²) in [5.41, 5.74) is 4.40. The van der Waals surface area contributed by atoms with Crippen LogP contribution in [-0.2, 0) is 17.9 Å². The second-order valence-corrected chi connectivity index (χ2v) is 6.53. The fourth-order valence-electron chi connectivity index (χ4n) is 2.66. The summed E-state index contributed by atoms with van der Waals surface area (Å²) in [5.74, 6) is 0.848. The van der Waals surface area contributed by atoms with E-state index in [-0.39, 0.29) is 5.91 Å². The molecule has 5 nitrogen and oxygen atoms in total. The molecule has 0 bridgehead atoms. The fraction of sp³-hybridized carbons (Fsp3) is 0.364. The molecule has 2 aromatic carbocycles. The summed E-state index contributed by atoms with van der Waals surface area (Å²) in [6.07, 6.45) is 1.40. The number of nitrogens with one attached hydrogen (secondary N) is 3. The summed E-state index contributed by atoms with van der Waals surface area (Å²) in [5, 5.41) is 9.53. The lowest BCUT2D eigenvalue weighted by Crippen LogP contribution is -2.36. The quantitative estimate of drug-likeness (QED) is 0.489. The number of anilines is 1. The van der Waals surface area contributed by atoms with Gasteiger partial charge in [-0.25, -0.2) is 4.99 Å². The van der Waals surface area contributed by atoms with Crippen molar-refractivity contribution < 1.29 is 4.79 Å². The van der Waals surface area contributed by atoms with Crippen LogP contribution in [0.2, 0.25) is 0 Å². The normalized spacial score (nSPS) is 11.1. The van der Waals surface area contributed by atoms with E-state index in [0.717, 1.165) is 30.2 Å². The van der Waals surface area contributed by atoms with E-state index < -0.39 is 0 Å². The molecule has 0 unspecified atom stereocenters. The Labute approximate surface area is 162 Å². The molecule has 0 spiro atoms. The van der Waals surface area contributed by atoms with Gasteiger partial charge in [0.2, 0.25) is 5.91 Å². The molecule has 0 aliphatic heterocycles. The molecular weight excluding hydrogens is 336 g/mol. The van der Waals surface area contributed by atoms with E-state index in [9.17, 15) is 4.79 Å². The van der Waals surface area contributed by atoms with Gasteiger partial charge in [-0.05, 0) is 43.5 Å². The van der Waals surface area contributed by atoms with E-state index in [1.165, 1.54) is 11.1 Å². The first-order chi connectivity index (χ1) is 13.1. The first-order valence-corrected chi connectivity index (χ1v) is 9.57. The Balaban J connectivity index is 1.91. The zero-order valence-electron chi connectivity index (χ0n) is 16.5. The number of aliphatic imine (C=N–C) groups is 1. The maximum Gasteiger partial charge on any atom is 0.224 e. The van der Waals surface area contributed by atoms with Crippen LogP contribution < -0.4 is 16.0 Å². The molecule has 0 atom stereocenters. The highest BCUT2D eigenvalue weighted by molar-refractivity contribution is 5.90. The maximum absolute atomic E-state index is 11.6. The van der Waals surface area contributed by atoms with Crippen LogP contribution in [0, 0.1) is 6.92 Å². The molecular formula is C22H30N4O. The van der Waals surface area contributed by atoms with Crippen LogP contribution in [0.4, 0.5) is 5.69 Å². The van der Waals surface area contributed by atoms with Crippen LogP contribution >= 0.6 is 0 Å². The summed E-state index contributed by atoms with van der Waals surface area (Å²) in [6.45, 7) is 8.25. The molecule has 144 valence electrons. The van der Waals surface area contributed by atoms with Crippen LogP contribution in [0.25, 0.3) is 0 Å². The molecule has 0 heterocycles. The average Bonchev–Trinajstić information content (AvgIpc) is 2.65. The Morgan fingerprint density at radius 1 is 1.00 bits per heavy atom. The van der Waals surface area contributed by atoms with Gasteiger partial charge in [0.1, 0.15) is 0 Å². The van der Waals surface area contributed by atoms with Crippen molar-refractivity contribution >= 4 is 17.6 Å². The van der Waals surface area contributed by atoms with E-state index in [4.69, 9.17) is 0 Å². The second kappa shape index (κ2) is 11.0. The molecule has 3 N–H and O–H groups in total. The lowest BCUT2D eigenvalue weighted by Gasteiger charge is -2.12. The van der Waals surface area contributed by atoms with Gasteiger partial charge in [0.25, 0.3) is 0 Å². The number of benzene rings is 2. The third-order valence-electron chi connectivity index (χ3n) is 4.02. The number of rotatable bonds is 8. The van der Waals surface area contributed by atoms with Gasteiger partial charge in [-0.1, -0.05) is 48.9 Å². The van der Waals surface area contributed by atoms with Gasteiger partial charge in [-0.3, -0.25) is 4.79 Å². The van der Waals surface area contributed by atoms with E-state index in [1.54, 1.807) is 0 Å². The van der Waals surface area contributed by atoms with E-state index in [1.807, 2.05) is 31.2 Å². The van der Waals surface area contributed by atoms with Crippen molar-refractivity contribution in [2.45, 2.75) is 46.7 Å². The van der Waals surface area contributed by atoms with Crippen LogP contribution in [0.15, 0.2) is 53.5 Å². The largest absolute Gasteiger partial charge is 0.357 e. The summed E-state index contributed by atoms with van der Waals surface area (Å²) in [4.78, 5) is 16.3. The van der Waals surface area contributed by atoms with E-state index in [0.29, 0.717) is 19.5 Å². The zero-order chi connectivity index (χ0) is 19.5. The smallest absolute Gasteiger partial charge is 0.224 e. The third kappa shape index (κ3) is 7.52. The topological polar surface area (TPSA) is 65.5 Å². The van der Waals surface area contributed by atoms with Crippen LogP contribution in [-0.4, -0.2) is 18.4 Å². The predicted octanol–water partition coefficient (Wildman–Crippen LogP) is 3.99. The van der Waals surface area contributed by atoms with Gasteiger partial charge >= 0.3 is 0 Å². The van der Waals surface area contributed by atoms with Gasteiger partial charge in [-0.15, -0.1) is 0 Å². The average molecular weight is 367 g/mol. The van der Waals surface area contributed by atoms with Gasteiger partial charge in [-0.2, -0.15) is 0 Å². The second-order valence-electron chi connectivity index (χ2n) is 6.53. The van der Waals surface area contributed by atoms with Crippen molar-refractivity contribution in [3.63, 3.8) is 0 Å². The van der Waals surface area contributed by atoms with Gasteiger partial charge in [0, 0.05) is 25.2 Å². The first kappa shape index (κ1) is 20.5. The van der Waals surface area contributed by atoms with Gasteiger partial charge < -0.3 is 16.0 Å². The van der Waals surface area contributed by atoms with Crippen molar-refractivity contribution in [2.75, 3.05) is 11.9 Å². The summed E-state index contributed by atoms with van der Waals surface area (Å²) < 4.78 is 0. The van der Waals surface area contributed by atoms with Gasteiger partial charge in [0.15, 0.2) is 5.96 Å². The molecule has 27 heavy (non-hydrogen) atoms. The molecule has 0 aliphatic carbocycles. The molecule has 1 amide bonds. The standard InChI is InChI=1S/C22H30N4O/c1-4-7-21(27)26-20-12-10-18(11-13-20)15-24-22(23-5-2)25-16-19-9-6-8-17(3)14-19/h6,8-14H,4-5,7,15-16H2,1-3H3,(H,26,27)(H2,23,24,25). The number of nitrogens with zero attached hydrogens (tertiary/aromatic N) is 1. The Kier molecular flexibility index (Phi) is 8.36. The molecule has 0 fully saturated rings. The minimum atomic E-state index is 0.0566. The Hall–Kier alpha value is -2.82.